The zero-order valence-corrected chi connectivity index (χ0v) is 16.1. The van der Waals surface area contributed by atoms with Crippen LogP contribution in [-0.4, -0.2) is 44.1 Å². The Morgan fingerprint density at radius 2 is 1.92 bits per heavy atom. The monoisotopic (exact) mass is 359 g/mol. The summed E-state index contributed by atoms with van der Waals surface area (Å²) in [6.07, 6.45) is 5.54. The van der Waals surface area contributed by atoms with E-state index in [9.17, 15) is 4.79 Å². The highest BCUT2D eigenvalue weighted by atomic mass is 16.5. The lowest BCUT2D eigenvalue weighted by Gasteiger charge is -2.43. The molecular formula is C21H33N3O2. The predicted molar refractivity (Wildman–Crippen MR) is 104 cm³/mol. The largest absolute Gasteiger partial charge is 0.492 e. The van der Waals surface area contributed by atoms with Gasteiger partial charge in [-0.05, 0) is 57.7 Å². The van der Waals surface area contributed by atoms with E-state index >= 15 is 0 Å². The number of nitrogens with one attached hydrogen (secondary N) is 1. The number of nitrogens with two attached hydrogens (primary N) is 1. The number of fused-ring (bicyclic) bond motifs is 2. The molecule has 5 nitrogen and oxygen atoms in total. The van der Waals surface area contributed by atoms with Gasteiger partial charge in [-0.2, -0.15) is 0 Å². The molecule has 144 valence electrons. The van der Waals surface area contributed by atoms with Crippen LogP contribution in [0.15, 0.2) is 24.3 Å². The van der Waals surface area contributed by atoms with E-state index < -0.39 is 0 Å². The smallest absolute Gasteiger partial charge is 0.223 e. The molecule has 2 saturated carbocycles. The third kappa shape index (κ3) is 4.77. The fourth-order valence-corrected chi connectivity index (χ4v) is 4.46. The molecule has 0 aromatic heterocycles. The van der Waals surface area contributed by atoms with E-state index in [2.05, 4.69) is 10.2 Å². The SMILES string of the molecule is CN(C)CCOc1ccccc1CNC(=O)C1CC2CCCC(C1)C2N. The average Bonchev–Trinajstić information content (AvgIpc) is 2.60. The van der Waals surface area contributed by atoms with Crippen LogP contribution in [0.4, 0.5) is 0 Å². The third-order valence-corrected chi connectivity index (χ3v) is 6.01. The van der Waals surface area contributed by atoms with Crippen LogP contribution in [0.1, 0.15) is 37.7 Å². The minimum absolute atomic E-state index is 0.118. The van der Waals surface area contributed by atoms with Gasteiger partial charge < -0.3 is 20.7 Å². The Hall–Kier alpha value is -1.59. The molecule has 5 heteroatoms. The predicted octanol–water partition coefficient (Wildman–Crippen LogP) is 2.40. The Labute approximate surface area is 157 Å². The number of amides is 1. The molecule has 2 fully saturated rings. The number of carbonyl (C=O) groups is 1. The van der Waals surface area contributed by atoms with Crippen LogP contribution in [0.5, 0.6) is 5.75 Å². The maximum absolute atomic E-state index is 12.7. The van der Waals surface area contributed by atoms with Crippen molar-refractivity contribution in [1.29, 1.82) is 0 Å². The summed E-state index contributed by atoms with van der Waals surface area (Å²) in [5.74, 6) is 2.21. The Kier molecular flexibility index (Phi) is 6.54. The Bertz CT molecular complexity index is 591. The lowest BCUT2D eigenvalue weighted by Crippen LogP contribution is -2.49. The molecule has 1 aromatic carbocycles. The van der Waals surface area contributed by atoms with Gasteiger partial charge in [0.25, 0.3) is 0 Å². The van der Waals surface area contributed by atoms with Crippen LogP contribution < -0.4 is 15.8 Å². The van der Waals surface area contributed by atoms with Gasteiger partial charge in [0, 0.05) is 30.6 Å². The number of rotatable bonds is 7. The van der Waals surface area contributed by atoms with E-state index in [-0.39, 0.29) is 11.8 Å². The van der Waals surface area contributed by atoms with Gasteiger partial charge >= 0.3 is 0 Å². The molecule has 0 radical (unpaired) electrons. The molecule has 2 aliphatic carbocycles. The highest BCUT2D eigenvalue weighted by Crippen LogP contribution is 2.41. The van der Waals surface area contributed by atoms with E-state index in [1.165, 1.54) is 19.3 Å². The van der Waals surface area contributed by atoms with E-state index in [1.807, 2.05) is 38.4 Å². The summed E-state index contributed by atoms with van der Waals surface area (Å²) < 4.78 is 5.89. The van der Waals surface area contributed by atoms with Gasteiger partial charge in [0.05, 0.1) is 0 Å². The molecule has 2 bridgehead atoms. The van der Waals surface area contributed by atoms with E-state index in [0.29, 0.717) is 31.0 Å². The molecule has 3 rings (SSSR count). The van der Waals surface area contributed by atoms with Crippen LogP contribution in [0.2, 0.25) is 0 Å². The van der Waals surface area contributed by atoms with Gasteiger partial charge in [0.2, 0.25) is 5.91 Å². The van der Waals surface area contributed by atoms with Crippen molar-refractivity contribution in [3.05, 3.63) is 29.8 Å². The zero-order valence-electron chi connectivity index (χ0n) is 16.1. The van der Waals surface area contributed by atoms with Crippen LogP contribution in [0, 0.1) is 17.8 Å². The Morgan fingerprint density at radius 3 is 2.62 bits per heavy atom. The van der Waals surface area contributed by atoms with Crippen molar-refractivity contribution in [2.24, 2.45) is 23.5 Å². The minimum Gasteiger partial charge on any atom is -0.492 e. The quantitative estimate of drug-likeness (QED) is 0.784. The van der Waals surface area contributed by atoms with Crippen molar-refractivity contribution >= 4 is 5.91 Å². The summed E-state index contributed by atoms with van der Waals surface area (Å²) >= 11 is 0. The van der Waals surface area contributed by atoms with Crippen molar-refractivity contribution in [3.63, 3.8) is 0 Å². The summed E-state index contributed by atoms with van der Waals surface area (Å²) in [6, 6.07) is 8.26. The fourth-order valence-electron chi connectivity index (χ4n) is 4.46. The molecule has 0 spiro atoms. The maximum Gasteiger partial charge on any atom is 0.223 e. The lowest BCUT2D eigenvalue weighted by atomic mass is 9.65. The Balaban J connectivity index is 1.53. The number of ether oxygens (including phenoxy) is 1. The molecule has 1 amide bonds. The summed E-state index contributed by atoms with van der Waals surface area (Å²) in [6.45, 7) is 2.03. The van der Waals surface area contributed by atoms with Crippen LogP contribution in [0.3, 0.4) is 0 Å². The van der Waals surface area contributed by atoms with E-state index in [4.69, 9.17) is 10.5 Å². The number of carbonyl (C=O) groups excluding carboxylic acids is 1. The minimum atomic E-state index is 0.118. The van der Waals surface area contributed by atoms with Gasteiger partial charge in [-0.15, -0.1) is 0 Å². The second-order valence-corrected chi connectivity index (χ2v) is 8.17. The normalized spacial score (nSPS) is 28.0. The Morgan fingerprint density at radius 1 is 1.23 bits per heavy atom. The van der Waals surface area contributed by atoms with Gasteiger partial charge in [-0.25, -0.2) is 0 Å². The molecule has 2 atom stereocenters. The topological polar surface area (TPSA) is 67.6 Å². The average molecular weight is 360 g/mol. The van der Waals surface area contributed by atoms with Crippen molar-refractivity contribution in [2.45, 2.75) is 44.7 Å². The maximum atomic E-state index is 12.7. The van der Waals surface area contributed by atoms with Crippen LogP contribution >= 0.6 is 0 Å². The third-order valence-electron chi connectivity index (χ3n) is 6.01. The molecular weight excluding hydrogens is 326 g/mol. The van der Waals surface area contributed by atoms with Crippen molar-refractivity contribution in [1.82, 2.24) is 10.2 Å². The first-order valence-corrected chi connectivity index (χ1v) is 9.93. The van der Waals surface area contributed by atoms with Crippen molar-refractivity contribution in [3.8, 4) is 5.75 Å². The number of para-hydroxylation sites is 1. The molecule has 1 aromatic rings. The van der Waals surface area contributed by atoms with E-state index in [1.54, 1.807) is 0 Å². The summed E-state index contributed by atoms with van der Waals surface area (Å²) in [5, 5.41) is 3.14. The highest BCUT2D eigenvalue weighted by Gasteiger charge is 2.40. The molecule has 2 aliphatic rings. The number of nitrogens with zero attached hydrogens (tertiary/aromatic N) is 1. The van der Waals surface area contributed by atoms with Crippen molar-refractivity contribution < 1.29 is 9.53 Å². The molecule has 0 aliphatic heterocycles. The second-order valence-electron chi connectivity index (χ2n) is 8.17. The van der Waals surface area contributed by atoms with Crippen LogP contribution in [-0.2, 0) is 11.3 Å². The standard InChI is InChI=1S/C21H33N3O2/c1-24(2)10-11-26-19-9-4-3-6-17(19)14-23-21(25)18-12-15-7-5-8-16(13-18)20(15)22/h3-4,6,9,15-16,18,20H,5,7-8,10-14,22H2,1-2H3,(H,23,25). The van der Waals surface area contributed by atoms with E-state index in [0.717, 1.165) is 30.7 Å². The first-order valence-electron chi connectivity index (χ1n) is 9.93. The zero-order chi connectivity index (χ0) is 18.5. The van der Waals surface area contributed by atoms with Gasteiger partial charge in [0.15, 0.2) is 0 Å². The summed E-state index contributed by atoms with van der Waals surface area (Å²) in [5.41, 5.74) is 7.38. The number of hydrogen-bond acceptors (Lipinski definition) is 4. The van der Waals surface area contributed by atoms with Gasteiger partial charge in [0.1, 0.15) is 12.4 Å². The summed E-state index contributed by atoms with van der Waals surface area (Å²) in [7, 11) is 4.06. The lowest BCUT2D eigenvalue weighted by molar-refractivity contribution is -0.128. The molecule has 0 saturated heterocycles. The van der Waals surface area contributed by atoms with Gasteiger partial charge in [-0.3, -0.25) is 4.79 Å². The van der Waals surface area contributed by atoms with Gasteiger partial charge in [-0.1, -0.05) is 24.6 Å². The van der Waals surface area contributed by atoms with Crippen LogP contribution in [0.25, 0.3) is 0 Å². The first-order chi connectivity index (χ1) is 12.5. The number of benzene rings is 1. The number of likely N-dealkylation sites (N-methyl/N-ethyl adjacent to an activating group) is 1. The molecule has 2 unspecified atom stereocenters. The molecule has 26 heavy (non-hydrogen) atoms. The fraction of sp³-hybridized carbons (Fsp3) is 0.667. The summed E-state index contributed by atoms with van der Waals surface area (Å²) in [4.78, 5) is 14.8. The molecule has 0 heterocycles. The highest BCUT2D eigenvalue weighted by molar-refractivity contribution is 5.78. The first kappa shape index (κ1) is 19.2. The van der Waals surface area contributed by atoms with Crippen molar-refractivity contribution in [2.75, 3.05) is 27.2 Å². The number of hydrogen-bond donors (Lipinski definition) is 2. The second kappa shape index (κ2) is 8.87. The molecule has 3 N–H and O–H groups in total.